The molecule has 0 N–H and O–H groups in total. The number of benzene rings is 3. The Morgan fingerprint density at radius 3 is 1.16 bits per heavy atom. The molecule has 0 aromatic heterocycles. The molecule has 229 valence electrons. The van der Waals surface area contributed by atoms with Crippen molar-refractivity contribution in [2.24, 2.45) is 9.98 Å². The van der Waals surface area contributed by atoms with Gasteiger partial charge >= 0.3 is 15.9 Å². The molecule has 0 atom stereocenters. The molecule has 0 bridgehead atoms. The van der Waals surface area contributed by atoms with Gasteiger partial charge in [0.15, 0.2) is 0 Å². The van der Waals surface area contributed by atoms with Crippen molar-refractivity contribution in [2.75, 3.05) is 0 Å². The molecule has 1 aliphatic heterocycles. The number of hydrogen-bond donors (Lipinski definition) is 0. The van der Waals surface area contributed by atoms with Crippen LogP contribution >= 0.6 is 0 Å². The van der Waals surface area contributed by atoms with Gasteiger partial charge in [0.25, 0.3) is 0 Å². The lowest BCUT2D eigenvalue weighted by molar-refractivity contribution is 0.432. The van der Waals surface area contributed by atoms with E-state index in [4.69, 9.17) is 17.6 Å². The highest BCUT2D eigenvalue weighted by atomic mass is 27.2. The van der Waals surface area contributed by atoms with Crippen LogP contribution in [-0.2, 0) is 21.7 Å². The van der Waals surface area contributed by atoms with E-state index in [9.17, 15) is 0 Å². The molecule has 0 saturated heterocycles. The molecule has 4 rings (SSSR count). The zero-order chi connectivity index (χ0) is 32.4. The Kier molecular flexibility index (Phi) is 10.5. The molecular formula is C38H52AlN2O2. The van der Waals surface area contributed by atoms with Crippen LogP contribution in [0.4, 0.5) is 11.4 Å². The first-order valence-electron chi connectivity index (χ1n) is 15.6. The highest BCUT2D eigenvalue weighted by molar-refractivity contribution is 6.21. The molecule has 0 saturated carbocycles. The lowest BCUT2D eigenvalue weighted by atomic mass is 9.79. The van der Waals surface area contributed by atoms with E-state index < -0.39 is 15.9 Å². The van der Waals surface area contributed by atoms with Crippen LogP contribution in [0.3, 0.4) is 0 Å². The van der Waals surface area contributed by atoms with Crippen molar-refractivity contribution in [3.8, 4) is 11.5 Å². The van der Waals surface area contributed by atoms with E-state index in [1.54, 1.807) is 0 Å². The normalized spacial score (nSPS) is 13.7. The minimum absolute atomic E-state index is 0.0269. The molecule has 3 aromatic carbocycles. The number of aliphatic imine (C=N–C) groups is 2. The van der Waals surface area contributed by atoms with Crippen LogP contribution in [0.2, 0.25) is 0 Å². The molecule has 1 heterocycles. The Morgan fingerprint density at radius 1 is 0.512 bits per heavy atom. The first-order valence-corrected chi connectivity index (χ1v) is 16.5. The second-order valence-corrected chi connectivity index (χ2v) is 15.9. The molecule has 0 spiro atoms. The van der Waals surface area contributed by atoms with Gasteiger partial charge in [0.05, 0.1) is 22.9 Å². The topological polar surface area (TPSA) is 43.2 Å². The Hall–Kier alpha value is -2.87. The lowest BCUT2D eigenvalue weighted by Gasteiger charge is -2.30. The molecule has 43 heavy (non-hydrogen) atoms. The van der Waals surface area contributed by atoms with E-state index in [0.717, 1.165) is 45.1 Å². The molecule has 1 radical (unpaired) electrons. The van der Waals surface area contributed by atoms with Crippen molar-refractivity contribution >= 4 is 39.7 Å². The van der Waals surface area contributed by atoms with E-state index in [1.807, 2.05) is 50.5 Å². The third-order valence-electron chi connectivity index (χ3n) is 7.48. The van der Waals surface area contributed by atoms with Gasteiger partial charge in [-0.2, -0.15) is 0 Å². The summed E-state index contributed by atoms with van der Waals surface area (Å²) in [7, 11) is 0. The van der Waals surface area contributed by atoms with Gasteiger partial charge in [-0.3, -0.25) is 9.98 Å². The summed E-state index contributed by atoms with van der Waals surface area (Å²) in [5.74, 6) is 1.68. The quantitative estimate of drug-likeness (QED) is 0.243. The molecule has 0 amide bonds. The van der Waals surface area contributed by atoms with Gasteiger partial charge in [-0.25, -0.2) is 0 Å². The minimum Gasteiger partial charge on any atom is -0.615 e. The van der Waals surface area contributed by atoms with Crippen LogP contribution in [0.15, 0.2) is 58.5 Å². The zero-order valence-corrected chi connectivity index (χ0v) is 30.2. The molecular weight excluding hydrogens is 543 g/mol. The van der Waals surface area contributed by atoms with E-state index in [-0.39, 0.29) is 21.7 Å². The summed E-state index contributed by atoms with van der Waals surface area (Å²) in [5.41, 5.74) is 8.01. The Bertz CT molecular complexity index is 1380. The van der Waals surface area contributed by atoms with Crippen LogP contribution in [0.25, 0.3) is 0 Å². The largest absolute Gasteiger partial charge is 0.881 e. The highest BCUT2D eigenvalue weighted by Crippen LogP contribution is 2.41. The first kappa shape index (κ1) is 34.6. The van der Waals surface area contributed by atoms with Gasteiger partial charge in [-0.05, 0) is 68.2 Å². The van der Waals surface area contributed by atoms with Crippen LogP contribution in [0.5, 0.6) is 11.5 Å². The van der Waals surface area contributed by atoms with Crippen LogP contribution in [0.1, 0.15) is 130 Å². The second kappa shape index (κ2) is 13.0. The maximum Gasteiger partial charge on any atom is 0.881 e. The van der Waals surface area contributed by atoms with Crippen molar-refractivity contribution in [3.63, 3.8) is 0 Å². The Morgan fingerprint density at radius 2 is 0.860 bits per heavy atom. The SMILES string of the molecule is CC.CC(C)(C)c1cc2c(c(C(C)(C)C)c1)[O][Al][O]c1c(cc(C(C)(C)C)cc1C(C)(C)C)C=Nc1ccccc1N=C2. The predicted molar refractivity (Wildman–Crippen MR) is 187 cm³/mol. The molecule has 0 aliphatic carbocycles. The fourth-order valence-corrected chi connectivity index (χ4v) is 5.59. The van der Waals surface area contributed by atoms with Gasteiger partial charge in [-0.1, -0.05) is 121 Å². The van der Waals surface area contributed by atoms with E-state index in [2.05, 4.69) is 107 Å². The number of nitrogens with zero attached hydrogens (tertiary/aromatic N) is 2. The van der Waals surface area contributed by atoms with Gasteiger partial charge in [0.2, 0.25) is 0 Å². The Labute approximate surface area is 268 Å². The first-order chi connectivity index (χ1) is 19.9. The van der Waals surface area contributed by atoms with Crippen molar-refractivity contribution in [1.29, 1.82) is 0 Å². The summed E-state index contributed by atoms with van der Waals surface area (Å²) in [4.78, 5) is 9.92. The van der Waals surface area contributed by atoms with Crippen molar-refractivity contribution in [2.45, 2.75) is 119 Å². The molecule has 5 heteroatoms. The third kappa shape index (κ3) is 8.40. The third-order valence-corrected chi connectivity index (χ3v) is 8.15. The summed E-state index contributed by atoms with van der Waals surface area (Å²) in [6.07, 6.45) is 3.86. The monoisotopic (exact) mass is 595 g/mol. The standard InChI is InChI=1S/C36H48N2O2.C2H6.Al/c1-33(2,3)25-17-23(31(39)27(19-25)35(7,8)9)21-37-29-15-13-14-16-30(29)38-22-24-18-26(34(4,5)6)20-28(32(24)40)36(10,11)12;1-2;/h13-22,39-40H,1-12H3;1-2H3;/q;;+2/p-2. The fraction of sp³-hybridized carbons (Fsp3) is 0.474. The van der Waals surface area contributed by atoms with Crippen LogP contribution in [0, 0.1) is 0 Å². The van der Waals surface area contributed by atoms with E-state index in [0.29, 0.717) is 0 Å². The molecule has 0 unspecified atom stereocenters. The lowest BCUT2D eigenvalue weighted by Crippen LogP contribution is -2.23. The summed E-state index contributed by atoms with van der Waals surface area (Å²) >= 11 is -0.860. The number of para-hydroxylation sites is 2. The smallest absolute Gasteiger partial charge is 0.615 e. The van der Waals surface area contributed by atoms with Crippen LogP contribution in [-0.4, -0.2) is 28.3 Å². The number of rotatable bonds is 0. The summed E-state index contributed by atoms with van der Waals surface area (Å²) in [5, 5.41) is 0. The van der Waals surface area contributed by atoms with Gasteiger partial charge in [0.1, 0.15) is 0 Å². The maximum atomic E-state index is 6.66. The number of fused-ring (bicyclic) bond motifs is 3. The summed E-state index contributed by atoms with van der Waals surface area (Å²) in [6, 6.07) is 17.0. The van der Waals surface area contributed by atoms with Crippen molar-refractivity contribution < 1.29 is 7.58 Å². The zero-order valence-electron chi connectivity index (χ0n) is 29.1. The summed E-state index contributed by atoms with van der Waals surface area (Å²) in [6.45, 7) is 30.9. The van der Waals surface area contributed by atoms with E-state index in [1.165, 1.54) is 11.1 Å². The highest BCUT2D eigenvalue weighted by Gasteiger charge is 2.29. The van der Waals surface area contributed by atoms with Gasteiger partial charge in [0, 0.05) is 23.6 Å². The average Bonchev–Trinajstić information content (AvgIpc) is 2.91. The van der Waals surface area contributed by atoms with Crippen molar-refractivity contribution in [3.05, 3.63) is 81.9 Å². The molecule has 3 aromatic rings. The second-order valence-electron chi connectivity index (χ2n) is 15.2. The van der Waals surface area contributed by atoms with Crippen molar-refractivity contribution in [1.82, 2.24) is 0 Å². The van der Waals surface area contributed by atoms with E-state index >= 15 is 0 Å². The fourth-order valence-electron chi connectivity index (χ4n) is 4.82. The molecule has 0 fully saturated rings. The molecule has 1 aliphatic rings. The minimum atomic E-state index is -0.860. The average molecular weight is 596 g/mol. The summed E-state index contributed by atoms with van der Waals surface area (Å²) < 4.78 is 13.3. The predicted octanol–water partition coefficient (Wildman–Crippen LogP) is 10.7. The molecule has 4 nitrogen and oxygen atoms in total. The number of hydrogen-bond acceptors (Lipinski definition) is 4. The van der Waals surface area contributed by atoms with Crippen LogP contribution < -0.4 is 7.58 Å². The van der Waals surface area contributed by atoms with Gasteiger partial charge < -0.3 is 7.58 Å². The maximum absolute atomic E-state index is 6.66. The van der Waals surface area contributed by atoms with Gasteiger partial charge in [-0.15, -0.1) is 0 Å². The Balaban J connectivity index is 0.00000248.